The van der Waals surface area contributed by atoms with Crippen LogP contribution in [0, 0.1) is 6.92 Å². The lowest BCUT2D eigenvalue weighted by Gasteiger charge is -2.25. The van der Waals surface area contributed by atoms with Crippen LogP contribution in [-0.4, -0.2) is 14.5 Å². The van der Waals surface area contributed by atoms with Gasteiger partial charge >= 0.3 is 0 Å². The van der Waals surface area contributed by atoms with Crippen LogP contribution in [0.4, 0.5) is 17.1 Å². The van der Waals surface area contributed by atoms with Crippen molar-refractivity contribution in [3.05, 3.63) is 194 Å². The normalized spacial score (nSPS) is 11.2. The predicted octanol–water partition coefficient (Wildman–Crippen LogP) is 12.4. The molecule has 0 spiro atoms. The molecule has 0 radical (unpaired) electrons. The van der Waals surface area contributed by atoms with E-state index >= 15 is 0 Å². The van der Waals surface area contributed by atoms with E-state index in [4.69, 9.17) is 9.97 Å². The van der Waals surface area contributed by atoms with Crippen LogP contribution in [0.5, 0.6) is 0 Å². The number of hydrogen-bond donors (Lipinski definition) is 0. The molecule has 242 valence electrons. The lowest BCUT2D eigenvalue weighted by Crippen LogP contribution is -2.09. The Balaban J connectivity index is 1.18. The van der Waals surface area contributed by atoms with Crippen LogP contribution in [0.3, 0.4) is 0 Å². The minimum Gasteiger partial charge on any atom is -0.310 e. The fourth-order valence-electron chi connectivity index (χ4n) is 7.11. The van der Waals surface area contributed by atoms with Crippen molar-refractivity contribution in [3.8, 4) is 39.6 Å². The van der Waals surface area contributed by atoms with E-state index in [1.54, 1.807) is 0 Å². The average molecular weight is 655 g/mol. The highest BCUT2D eigenvalue weighted by Gasteiger charge is 2.18. The van der Waals surface area contributed by atoms with Gasteiger partial charge in [-0.3, -0.25) is 0 Å². The molecular formula is C47H34N4. The van der Waals surface area contributed by atoms with Crippen LogP contribution in [0.2, 0.25) is 0 Å². The Bertz CT molecular complexity index is 2530. The second-order valence-electron chi connectivity index (χ2n) is 12.8. The zero-order valence-corrected chi connectivity index (χ0v) is 28.2. The van der Waals surface area contributed by atoms with Gasteiger partial charge in [0.25, 0.3) is 0 Å². The van der Waals surface area contributed by atoms with Crippen LogP contribution in [0.15, 0.2) is 188 Å². The summed E-state index contributed by atoms with van der Waals surface area (Å²) in [6.45, 7) is 2.18. The SMILES string of the molecule is Cc1cc(-n2c3ccccc3c3cc(N(c4ccccc4)c4ccccc4)ccc32)ccc1-c1cc(-c2ccccc2)nc(-c2ccccc2)n1. The number of fused-ring (bicyclic) bond motifs is 3. The molecule has 0 N–H and O–H groups in total. The van der Waals surface area contributed by atoms with Crippen molar-refractivity contribution < 1.29 is 0 Å². The minimum absolute atomic E-state index is 0.716. The first-order chi connectivity index (χ1) is 25.2. The van der Waals surface area contributed by atoms with E-state index in [1.807, 2.05) is 24.3 Å². The van der Waals surface area contributed by atoms with Crippen LogP contribution in [0.1, 0.15) is 5.56 Å². The second kappa shape index (κ2) is 12.9. The van der Waals surface area contributed by atoms with Crippen molar-refractivity contribution in [1.82, 2.24) is 14.5 Å². The summed E-state index contributed by atoms with van der Waals surface area (Å²) in [5.74, 6) is 0.716. The van der Waals surface area contributed by atoms with Crippen molar-refractivity contribution in [2.75, 3.05) is 4.90 Å². The third-order valence-electron chi connectivity index (χ3n) is 9.51. The van der Waals surface area contributed by atoms with Gasteiger partial charge in [0.15, 0.2) is 5.82 Å². The van der Waals surface area contributed by atoms with Gasteiger partial charge in [-0.2, -0.15) is 0 Å². The molecule has 0 saturated carbocycles. The van der Waals surface area contributed by atoms with E-state index in [0.29, 0.717) is 5.82 Å². The van der Waals surface area contributed by atoms with Gasteiger partial charge in [-0.1, -0.05) is 121 Å². The molecule has 0 saturated heterocycles. The Labute approximate surface area is 297 Å². The molecule has 0 amide bonds. The molecule has 0 atom stereocenters. The number of anilines is 3. The number of aryl methyl sites for hydroxylation is 1. The molecule has 51 heavy (non-hydrogen) atoms. The van der Waals surface area contributed by atoms with Crippen molar-refractivity contribution >= 4 is 38.9 Å². The van der Waals surface area contributed by atoms with Crippen LogP contribution < -0.4 is 4.90 Å². The summed E-state index contributed by atoms with van der Waals surface area (Å²) < 4.78 is 2.38. The number of para-hydroxylation sites is 3. The fourth-order valence-corrected chi connectivity index (χ4v) is 7.11. The molecule has 2 aromatic heterocycles. The summed E-state index contributed by atoms with van der Waals surface area (Å²) in [6, 6.07) is 66.0. The molecule has 9 aromatic rings. The Hall–Kier alpha value is -6.78. The summed E-state index contributed by atoms with van der Waals surface area (Å²) in [6.07, 6.45) is 0. The minimum atomic E-state index is 0.716. The first-order valence-corrected chi connectivity index (χ1v) is 17.3. The van der Waals surface area contributed by atoms with Crippen LogP contribution >= 0.6 is 0 Å². The molecule has 0 aliphatic rings. The quantitative estimate of drug-likeness (QED) is 0.171. The molecule has 0 aliphatic carbocycles. The number of aromatic nitrogens is 3. The lowest BCUT2D eigenvalue weighted by atomic mass is 10.0. The monoisotopic (exact) mass is 654 g/mol. The highest BCUT2D eigenvalue weighted by Crippen LogP contribution is 2.40. The van der Waals surface area contributed by atoms with Crippen molar-refractivity contribution in [3.63, 3.8) is 0 Å². The van der Waals surface area contributed by atoms with E-state index in [0.717, 1.165) is 61.9 Å². The molecule has 0 aliphatic heterocycles. The maximum atomic E-state index is 5.11. The van der Waals surface area contributed by atoms with Crippen molar-refractivity contribution in [2.45, 2.75) is 6.92 Å². The smallest absolute Gasteiger partial charge is 0.160 e. The number of rotatable bonds is 7. The third kappa shape index (κ3) is 5.63. The molecule has 0 fully saturated rings. The van der Waals surface area contributed by atoms with Crippen molar-refractivity contribution in [2.24, 2.45) is 0 Å². The Morgan fingerprint density at radius 1 is 0.431 bits per heavy atom. The molecule has 0 bridgehead atoms. The topological polar surface area (TPSA) is 34.0 Å². The Kier molecular flexibility index (Phi) is 7.67. The van der Waals surface area contributed by atoms with Gasteiger partial charge in [0, 0.05) is 50.2 Å². The van der Waals surface area contributed by atoms with Crippen LogP contribution in [0.25, 0.3) is 61.4 Å². The summed E-state index contributed by atoms with van der Waals surface area (Å²) >= 11 is 0. The summed E-state index contributed by atoms with van der Waals surface area (Å²) in [4.78, 5) is 12.4. The van der Waals surface area contributed by atoms with E-state index in [2.05, 4.69) is 180 Å². The second-order valence-corrected chi connectivity index (χ2v) is 12.8. The van der Waals surface area contributed by atoms with Gasteiger partial charge < -0.3 is 9.47 Å². The summed E-state index contributed by atoms with van der Waals surface area (Å²) in [5.41, 5.74) is 12.9. The zero-order valence-electron chi connectivity index (χ0n) is 28.2. The molecule has 0 unspecified atom stereocenters. The summed E-state index contributed by atoms with van der Waals surface area (Å²) in [7, 11) is 0. The molecule has 7 aromatic carbocycles. The number of nitrogens with zero attached hydrogens (tertiary/aromatic N) is 4. The first kappa shape index (κ1) is 30.3. The van der Waals surface area contributed by atoms with Gasteiger partial charge in [0.2, 0.25) is 0 Å². The Morgan fingerprint density at radius 3 is 1.67 bits per heavy atom. The van der Waals surface area contributed by atoms with Gasteiger partial charge in [-0.15, -0.1) is 0 Å². The molecule has 4 nitrogen and oxygen atoms in total. The highest BCUT2D eigenvalue weighted by molar-refractivity contribution is 6.10. The maximum absolute atomic E-state index is 5.11. The predicted molar refractivity (Wildman–Crippen MR) is 212 cm³/mol. The third-order valence-corrected chi connectivity index (χ3v) is 9.51. The Morgan fingerprint density at radius 2 is 1.00 bits per heavy atom. The zero-order chi connectivity index (χ0) is 34.1. The largest absolute Gasteiger partial charge is 0.310 e. The van der Waals surface area contributed by atoms with E-state index in [-0.39, 0.29) is 0 Å². The standard InChI is InChI=1S/C47H34N4/c1-33-30-38(26-28-40(33)44-32-43(34-16-6-2-7-17-34)48-47(49-44)35-18-8-3-9-19-35)51-45-25-15-14-24-41(45)42-31-39(27-29-46(42)51)50(36-20-10-4-11-21-36)37-22-12-5-13-23-37/h2-32H,1H3. The first-order valence-electron chi connectivity index (χ1n) is 17.3. The van der Waals surface area contributed by atoms with E-state index in [1.165, 1.54) is 16.3 Å². The number of benzene rings is 7. The molecule has 9 rings (SSSR count). The number of hydrogen-bond acceptors (Lipinski definition) is 3. The molecule has 2 heterocycles. The van der Waals surface area contributed by atoms with Crippen LogP contribution in [-0.2, 0) is 0 Å². The highest BCUT2D eigenvalue weighted by atomic mass is 15.1. The van der Waals surface area contributed by atoms with E-state index < -0.39 is 0 Å². The lowest BCUT2D eigenvalue weighted by molar-refractivity contribution is 1.16. The van der Waals surface area contributed by atoms with Gasteiger partial charge in [-0.25, -0.2) is 9.97 Å². The van der Waals surface area contributed by atoms with Gasteiger partial charge in [0.1, 0.15) is 0 Å². The van der Waals surface area contributed by atoms with Crippen molar-refractivity contribution in [1.29, 1.82) is 0 Å². The average Bonchev–Trinajstić information content (AvgIpc) is 3.53. The molecular weight excluding hydrogens is 621 g/mol. The molecule has 4 heteroatoms. The van der Waals surface area contributed by atoms with Gasteiger partial charge in [0.05, 0.1) is 22.4 Å². The van der Waals surface area contributed by atoms with Gasteiger partial charge in [-0.05, 0) is 79.2 Å². The summed E-state index contributed by atoms with van der Waals surface area (Å²) in [5, 5.41) is 2.42. The maximum Gasteiger partial charge on any atom is 0.160 e. The fraction of sp³-hybridized carbons (Fsp3) is 0.0213. The van der Waals surface area contributed by atoms with E-state index in [9.17, 15) is 0 Å².